The fourth-order valence-corrected chi connectivity index (χ4v) is 2.23. The van der Waals surface area contributed by atoms with Gasteiger partial charge in [-0.2, -0.15) is 5.26 Å². The SMILES string of the molecule is CN1CCN(CCCOc2ccccc2C#N)CC1.Cl. The lowest BCUT2D eigenvalue weighted by atomic mass is 10.2. The van der Waals surface area contributed by atoms with Crippen molar-refractivity contribution in [3.05, 3.63) is 29.8 Å². The smallest absolute Gasteiger partial charge is 0.137 e. The lowest BCUT2D eigenvalue weighted by Gasteiger charge is -2.32. The number of nitriles is 1. The highest BCUT2D eigenvalue weighted by atomic mass is 35.5. The van der Waals surface area contributed by atoms with Crippen molar-refractivity contribution < 1.29 is 4.74 Å². The number of benzene rings is 1. The molecule has 1 saturated heterocycles. The third-order valence-corrected chi connectivity index (χ3v) is 3.48. The first-order valence-electron chi connectivity index (χ1n) is 6.82. The highest BCUT2D eigenvalue weighted by molar-refractivity contribution is 5.85. The first kappa shape index (κ1) is 16.8. The molecule has 5 heteroatoms. The van der Waals surface area contributed by atoms with Crippen LogP contribution in [0.3, 0.4) is 0 Å². The molecule has 0 amide bonds. The molecular formula is C15H22ClN3O. The van der Waals surface area contributed by atoms with Crippen LogP contribution in [0.4, 0.5) is 0 Å². The quantitative estimate of drug-likeness (QED) is 0.779. The van der Waals surface area contributed by atoms with Gasteiger partial charge in [0, 0.05) is 32.7 Å². The maximum absolute atomic E-state index is 8.96. The zero-order valence-electron chi connectivity index (χ0n) is 11.9. The fraction of sp³-hybridized carbons (Fsp3) is 0.533. The number of likely N-dealkylation sites (N-methyl/N-ethyl adjacent to an activating group) is 1. The van der Waals surface area contributed by atoms with Crippen LogP contribution in [0.25, 0.3) is 0 Å². The third-order valence-electron chi connectivity index (χ3n) is 3.48. The van der Waals surface area contributed by atoms with Gasteiger partial charge in [-0.1, -0.05) is 12.1 Å². The molecule has 1 aliphatic heterocycles. The lowest BCUT2D eigenvalue weighted by Crippen LogP contribution is -2.44. The zero-order chi connectivity index (χ0) is 13.5. The Labute approximate surface area is 127 Å². The van der Waals surface area contributed by atoms with Crippen LogP contribution >= 0.6 is 12.4 Å². The summed E-state index contributed by atoms with van der Waals surface area (Å²) in [5, 5.41) is 8.96. The number of nitrogens with zero attached hydrogens (tertiary/aromatic N) is 3. The summed E-state index contributed by atoms with van der Waals surface area (Å²) >= 11 is 0. The van der Waals surface area contributed by atoms with Gasteiger partial charge in [-0.05, 0) is 25.6 Å². The van der Waals surface area contributed by atoms with Crippen LogP contribution in [0.5, 0.6) is 5.75 Å². The standard InChI is InChI=1S/C15H21N3O.ClH/c1-17-8-10-18(11-9-17)7-4-12-19-15-6-3-2-5-14(15)13-16;/h2-3,5-6H,4,7-12H2,1H3;1H. The summed E-state index contributed by atoms with van der Waals surface area (Å²) in [5.41, 5.74) is 0.613. The van der Waals surface area contributed by atoms with Gasteiger partial charge in [0.2, 0.25) is 0 Å². The van der Waals surface area contributed by atoms with E-state index in [0.29, 0.717) is 17.9 Å². The molecule has 1 heterocycles. The largest absolute Gasteiger partial charge is 0.492 e. The molecule has 0 radical (unpaired) electrons. The van der Waals surface area contributed by atoms with E-state index in [0.717, 1.165) is 39.1 Å². The predicted molar refractivity (Wildman–Crippen MR) is 82.5 cm³/mol. The molecule has 0 atom stereocenters. The van der Waals surface area contributed by atoms with Gasteiger partial charge in [-0.3, -0.25) is 0 Å². The Kier molecular flexibility index (Phi) is 7.38. The average Bonchev–Trinajstić information content (AvgIpc) is 2.46. The van der Waals surface area contributed by atoms with Crippen molar-refractivity contribution in [2.45, 2.75) is 6.42 Å². The molecule has 0 spiro atoms. The normalized spacial score (nSPS) is 16.2. The second kappa shape index (κ2) is 8.80. The molecule has 0 unspecified atom stereocenters. The molecule has 0 bridgehead atoms. The number of piperazine rings is 1. The zero-order valence-corrected chi connectivity index (χ0v) is 12.7. The van der Waals surface area contributed by atoms with Crippen LogP contribution < -0.4 is 4.74 Å². The average molecular weight is 296 g/mol. The van der Waals surface area contributed by atoms with Crippen molar-refractivity contribution >= 4 is 12.4 Å². The van der Waals surface area contributed by atoms with E-state index >= 15 is 0 Å². The molecule has 1 aliphatic rings. The highest BCUT2D eigenvalue weighted by Gasteiger charge is 2.12. The van der Waals surface area contributed by atoms with Crippen molar-refractivity contribution in [3.63, 3.8) is 0 Å². The summed E-state index contributed by atoms with van der Waals surface area (Å²) in [7, 11) is 2.17. The van der Waals surface area contributed by atoms with Gasteiger partial charge < -0.3 is 14.5 Å². The summed E-state index contributed by atoms with van der Waals surface area (Å²) in [5.74, 6) is 0.698. The molecule has 20 heavy (non-hydrogen) atoms. The van der Waals surface area contributed by atoms with Gasteiger partial charge in [-0.15, -0.1) is 12.4 Å². The second-order valence-electron chi connectivity index (χ2n) is 4.95. The van der Waals surface area contributed by atoms with E-state index in [1.165, 1.54) is 0 Å². The van der Waals surface area contributed by atoms with Crippen LogP contribution in [0.1, 0.15) is 12.0 Å². The van der Waals surface area contributed by atoms with E-state index in [-0.39, 0.29) is 12.4 Å². The van der Waals surface area contributed by atoms with E-state index in [4.69, 9.17) is 10.00 Å². The Morgan fingerprint density at radius 1 is 1.20 bits per heavy atom. The van der Waals surface area contributed by atoms with E-state index in [1.54, 1.807) is 6.07 Å². The van der Waals surface area contributed by atoms with Gasteiger partial charge in [0.25, 0.3) is 0 Å². The maximum Gasteiger partial charge on any atom is 0.137 e. The Morgan fingerprint density at radius 3 is 2.60 bits per heavy atom. The molecule has 1 fully saturated rings. The number of halogens is 1. The van der Waals surface area contributed by atoms with Crippen molar-refractivity contribution in [3.8, 4) is 11.8 Å². The molecule has 0 aliphatic carbocycles. The van der Waals surface area contributed by atoms with Gasteiger partial charge in [0.1, 0.15) is 11.8 Å². The van der Waals surface area contributed by atoms with Crippen molar-refractivity contribution in [2.24, 2.45) is 0 Å². The van der Waals surface area contributed by atoms with Crippen LogP contribution in [-0.2, 0) is 0 Å². The van der Waals surface area contributed by atoms with Gasteiger partial charge in [0.15, 0.2) is 0 Å². The summed E-state index contributed by atoms with van der Waals surface area (Å²) in [6, 6.07) is 9.55. The maximum atomic E-state index is 8.96. The number of rotatable bonds is 5. The number of para-hydroxylation sites is 1. The molecular weight excluding hydrogens is 274 g/mol. The summed E-state index contributed by atoms with van der Waals surface area (Å²) in [4.78, 5) is 4.83. The van der Waals surface area contributed by atoms with Crippen molar-refractivity contribution in [1.82, 2.24) is 9.80 Å². The number of hydrogen-bond acceptors (Lipinski definition) is 4. The van der Waals surface area contributed by atoms with Crippen LogP contribution in [0, 0.1) is 11.3 Å². The molecule has 110 valence electrons. The molecule has 0 aromatic heterocycles. The predicted octanol–water partition coefficient (Wildman–Crippen LogP) is 2.00. The minimum atomic E-state index is 0. The molecule has 1 aromatic carbocycles. The third kappa shape index (κ3) is 5.01. The van der Waals surface area contributed by atoms with E-state index in [1.807, 2.05) is 18.2 Å². The van der Waals surface area contributed by atoms with Crippen molar-refractivity contribution in [1.29, 1.82) is 5.26 Å². The van der Waals surface area contributed by atoms with Gasteiger partial charge in [0.05, 0.1) is 12.2 Å². The monoisotopic (exact) mass is 295 g/mol. The van der Waals surface area contributed by atoms with Crippen LogP contribution in [-0.4, -0.2) is 56.2 Å². The Bertz CT molecular complexity index is 439. The number of ether oxygens (including phenoxy) is 1. The summed E-state index contributed by atoms with van der Waals surface area (Å²) < 4.78 is 5.68. The molecule has 0 N–H and O–H groups in total. The molecule has 2 rings (SSSR count). The van der Waals surface area contributed by atoms with Crippen LogP contribution in [0.15, 0.2) is 24.3 Å². The van der Waals surface area contributed by atoms with Gasteiger partial charge in [-0.25, -0.2) is 0 Å². The first-order chi connectivity index (χ1) is 9.29. The van der Waals surface area contributed by atoms with E-state index in [2.05, 4.69) is 22.9 Å². The Balaban J connectivity index is 0.00000200. The fourth-order valence-electron chi connectivity index (χ4n) is 2.23. The first-order valence-corrected chi connectivity index (χ1v) is 6.82. The van der Waals surface area contributed by atoms with Crippen LogP contribution in [0.2, 0.25) is 0 Å². The number of hydrogen-bond donors (Lipinski definition) is 0. The van der Waals surface area contributed by atoms with E-state index < -0.39 is 0 Å². The van der Waals surface area contributed by atoms with E-state index in [9.17, 15) is 0 Å². The molecule has 0 saturated carbocycles. The Hall–Kier alpha value is -1.28. The summed E-state index contributed by atoms with van der Waals surface area (Å²) in [6.45, 7) is 6.33. The highest BCUT2D eigenvalue weighted by Crippen LogP contribution is 2.16. The second-order valence-corrected chi connectivity index (χ2v) is 4.95. The molecule has 1 aromatic rings. The minimum absolute atomic E-state index is 0. The summed E-state index contributed by atoms with van der Waals surface area (Å²) in [6.07, 6.45) is 1.00. The Morgan fingerprint density at radius 2 is 1.90 bits per heavy atom. The topological polar surface area (TPSA) is 39.5 Å². The van der Waals surface area contributed by atoms with Gasteiger partial charge >= 0.3 is 0 Å². The van der Waals surface area contributed by atoms with Crippen molar-refractivity contribution in [2.75, 3.05) is 46.4 Å². The molecule has 4 nitrogen and oxygen atoms in total. The lowest BCUT2D eigenvalue weighted by molar-refractivity contribution is 0.145. The minimum Gasteiger partial charge on any atom is -0.492 e.